The summed E-state index contributed by atoms with van der Waals surface area (Å²) in [7, 11) is 0. The van der Waals surface area contributed by atoms with Gasteiger partial charge < -0.3 is 14.1 Å². The minimum absolute atomic E-state index is 0.110. The van der Waals surface area contributed by atoms with Gasteiger partial charge in [0.25, 0.3) is 11.3 Å². The number of carbonyl (C=O) groups excluding carboxylic acids is 1. The first-order chi connectivity index (χ1) is 12.6. The molecule has 6 heteroatoms. The van der Waals surface area contributed by atoms with Crippen LogP contribution in [0.25, 0.3) is 0 Å². The van der Waals surface area contributed by atoms with Gasteiger partial charge in [0.1, 0.15) is 5.75 Å². The molecule has 2 saturated carbocycles. The lowest BCUT2D eigenvalue weighted by Crippen LogP contribution is -2.42. The van der Waals surface area contributed by atoms with E-state index in [2.05, 4.69) is 16.9 Å². The Morgan fingerprint density at radius 1 is 1.23 bits per heavy atom. The maximum Gasteiger partial charge on any atom is 0.288 e. The van der Waals surface area contributed by atoms with Gasteiger partial charge >= 0.3 is 0 Å². The number of carboxylic acids is 1. The smallest absolute Gasteiger partial charge is 0.288 e. The molecule has 1 aromatic carbocycles. The molecule has 0 aromatic heterocycles. The fourth-order valence-electron chi connectivity index (χ4n) is 4.37. The predicted octanol–water partition coefficient (Wildman–Crippen LogP) is 2.51. The van der Waals surface area contributed by atoms with Gasteiger partial charge in [-0.3, -0.25) is 0 Å². The van der Waals surface area contributed by atoms with Crippen LogP contribution >= 0.6 is 0 Å². The molecule has 2 fully saturated rings. The third-order valence-electron chi connectivity index (χ3n) is 5.56. The summed E-state index contributed by atoms with van der Waals surface area (Å²) in [6.45, 7) is 0. The summed E-state index contributed by atoms with van der Waals surface area (Å²) in [6.07, 6.45) is 10.3. The number of hydrogen-bond donors (Lipinski definition) is 1. The van der Waals surface area contributed by atoms with Crippen molar-refractivity contribution in [2.75, 3.05) is 0 Å². The zero-order chi connectivity index (χ0) is 18.4. The summed E-state index contributed by atoms with van der Waals surface area (Å²) < 4.78 is 21.1. The second kappa shape index (κ2) is 9.33. The number of allylic oxidation sites excluding steroid dienone is 2. The first-order valence-electron chi connectivity index (χ1n) is 9.39. The number of carbonyl (C=O) groups is 1. The Hall–Kier alpha value is -1.66. The molecule has 5 atom stereocenters. The van der Waals surface area contributed by atoms with Crippen molar-refractivity contribution in [2.24, 2.45) is 17.8 Å². The summed E-state index contributed by atoms with van der Waals surface area (Å²) in [4.78, 5) is 10.4. The summed E-state index contributed by atoms with van der Waals surface area (Å²) >= 11 is -1.55. The van der Waals surface area contributed by atoms with E-state index in [1.165, 1.54) is 19.3 Å². The van der Waals surface area contributed by atoms with Crippen molar-refractivity contribution in [3.63, 3.8) is 0 Å². The van der Waals surface area contributed by atoms with Crippen LogP contribution in [0.15, 0.2) is 42.5 Å². The van der Waals surface area contributed by atoms with Gasteiger partial charge in [-0.15, -0.1) is 0 Å². The number of nitrogens with one attached hydrogen (secondary N) is 1. The van der Waals surface area contributed by atoms with Gasteiger partial charge in [0.15, 0.2) is 0 Å². The van der Waals surface area contributed by atoms with Crippen LogP contribution in [0.5, 0.6) is 5.75 Å². The highest BCUT2D eigenvalue weighted by Gasteiger charge is 2.47. The van der Waals surface area contributed by atoms with E-state index in [0.29, 0.717) is 29.9 Å². The molecule has 0 spiro atoms. The fraction of sp³-hybridized carbons (Fsp3) is 0.550. The lowest BCUT2D eigenvalue weighted by atomic mass is 9.83. The Morgan fingerprint density at radius 3 is 2.77 bits per heavy atom. The number of hydrogen-bond acceptors (Lipinski definition) is 4. The van der Waals surface area contributed by atoms with Crippen molar-refractivity contribution in [3.05, 3.63) is 42.5 Å². The maximum atomic E-state index is 12.4. The Labute approximate surface area is 157 Å². The highest BCUT2D eigenvalue weighted by Crippen LogP contribution is 2.50. The number of benzene rings is 1. The average Bonchev–Trinajstić information content (AvgIpc) is 3.21. The van der Waals surface area contributed by atoms with Gasteiger partial charge in [0.05, 0.1) is 0 Å². The van der Waals surface area contributed by atoms with Crippen LogP contribution in [0, 0.1) is 17.8 Å². The third kappa shape index (κ3) is 5.17. The van der Waals surface area contributed by atoms with Crippen LogP contribution < -0.4 is 14.0 Å². The van der Waals surface area contributed by atoms with E-state index in [0.717, 1.165) is 12.8 Å². The van der Waals surface area contributed by atoms with Crippen LogP contribution in [0.4, 0.5) is 0 Å². The summed E-state index contributed by atoms with van der Waals surface area (Å²) in [6, 6.07) is 9.43. The van der Waals surface area contributed by atoms with E-state index >= 15 is 0 Å². The normalized spacial score (nSPS) is 28.5. The zero-order valence-electron chi connectivity index (χ0n) is 14.8. The molecule has 0 radical (unpaired) electrons. The molecule has 142 valence electrons. The monoisotopic (exact) mass is 376 g/mol. The molecule has 2 unspecified atom stereocenters. The Kier molecular flexibility index (Phi) is 6.86. The SMILES string of the molecule is O=C([O-])CCC/C=C\C[C@@H]1C(NS(=O)Oc2ccccc2)[C@@H]2CC[C@H]1C2. The van der Waals surface area contributed by atoms with Gasteiger partial charge in [0, 0.05) is 12.0 Å². The van der Waals surface area contributed by atoms with E-state index in [4.69, 9.17) is 4.18 Å². The number of para-hydroxylation sites is 1. The lowest BCUT2D eigenvalue weighted by Gasteiger charge is -2.30. The van der Waals surface area contributed by atoms with Crippen molar-refractivity contribution in [3.8, 4) is 5.75 Å². The molecular formula is C20H26NO4S-. The molecule has 0 saturated heterocycles. The van der Waals surface area contributed by atoms with E-state index in [-0.39, 0.29) is 12.5 Å². The van der Waals surface area contributed by atoms with Crippen molar-refractivity contribution in [1.29, 1.82) is 0 Å². The van der Waals surface area contributed by atoms with Crippen molar-refractivity contribution in [2.45, 2.75) is 51.0 Å². The molecule has 0 aliphatic heterocycles. The number of rotatable bonds is 10. The predicted molar refractivity (Wildman–Crippen MR) is 99.1 cm³/mol. The molecule has 2 bridgehead atoms. The molecule has 2 aliphatic rings. The van der Waals surface area contributed by atoms with Crippen LogP contribution in [0.1, 0.15) is 44.9 Å². The van der Waals surface area contributed by atoms with E-state index in [1.807, 2.05) is 18.2 Å². The Balaban J connectivity index is 1.49. The van der Waals surface area contributed by atoms with E-state index in [1.54, 1.807) is 12.1 Å². The quantitative estimate of drug-likeness (QED) is 0.503. The molecule has 5 nitrogen and oxygen atoms in total. The van der Waals surface area contributed by atoms with Gasteiger partial charge in [-0.2, -0.15) is 4.21 Å². The Bertz CT molecular complexity index is 648. The van der Waals surface area contributed by atoms with Gasteiger partial charge in [-0.25, -0.2) is 4.72 Å². The first-order valence-corrected chi connectivity index (χ1v) is 10.5. The van der Waals surface area contributed by atoms with Gasteiger partial charge in [-0.1, -0.05) is 30.4 Å². The summed E-state index contributed by atoms with van der Waals surface area (Å²) in [5, 5.41) is 10.4. The van der Waals surface area contributed by atoms with E-state index < -0.39 is 17.2 Å². The number of aliphatic carboxylic acids is 1. The molecule has 1 aromatic rings. The second-order valence-electron chi connectivity index (χ2n) is 7.24. The minimum Gasteiger partial charge on any atom is -0.550 e. The molecule has 0 heterocycles. The highest BCUT2D eigenvalue weighted by atomic mass is 32.2. The van der Waals surface area contributed by atoms with Crippen LogP contribution in [0.3, 0.4) is 0 Å². The highest BCUT2D eigenvalue weighted by molar-refractivity contribution is 7.78. The molecule has 0 amide bonds. The van der Waals surface area contributed by atoms with E-state index in [9.17, 15) is 14.1 Å². The largest absolute Gasteiger partial charge is 0.550 e. The first kappa shape index (κ1) is 19.1. The molecule has 2 aliphatic carbocycles. The zero-order valence-corrected chi connectivity index (χ0v) is 15.7. The number of fused-ring (bicyclic) bond motifs is 2. The van der Waals surface area contributed by atoms with Crippen LogP contribution in [0.2, 0.25) is 0 Å². The topological polar surface area (TPSA) is 78.5 Å². The number of carboxylic acid groups (broad SMARTS) is 1. The maximum absolute atomic E-state index is 12.4. The van der Waals surface area contributed by atoms with Crippen LogP contribution in [-0.4, -0.2) is 16.2 Å². The van der Waals surface area contributed by atoms with Gasteiger partial charge in [0.2, 0.25) is 0 Å². The lowest BCUT2D eigenvalue weighted by molar-refractivity contribution is -0.305. The molecule has 1 N–H and O–H groups in total. The van der Waals surface area contributed by atoms with Crippen LogP contribution in [-0.2, 0) is 16.1 Å². The standard InChI is InChI=1S/C20H27NO4S/c22-19(23)11-7-2-1-6-10-18-15-12-13-16(14-15)20(18)21-26(24)25-17-8-4-3-5-9-17/h1,3-6,8-9,15-16,18,20-21H,2,7,10-14H2,(H,22,23)/p-1/b6-1-/t15-,16+,18-,20?,26?/m0/s1. The van der Waals surface area contributed by atoms with Crippen molar-refractivity contribution >= 4 is 17.2 Å². The average molecular weight is 376 g/mol. The minimum atomic E-state index is -1.55. The number of unbranched alkanes of at least 4 members (excludes halogenated alkanes) is 1. The fourth-order valence-corrected chi connectivity index (χ4v) is 5.29. The van der Waals surface area contributed by atoms with Crippen molar-refractivity contribution in [1.82, 2.24) is 4.72 Å². The summed E-state index contributed by atoms with van der Waals surface area (Å²) in [5.41, 5.74) is 0. The molecule has 26 heavy (non-hydrogen) atoms. The summed E-state index contributed by atoms with van der Waals surface area (Å²) in [5.74, 6) is 1.33. The van der Waals surface area contributed by atoms with Gasteiger partial charge in [-0.05, 0) is 74.8 Å². The Morgan fingerprint density at radius 2 is 2.00 bits per heavy atom. The molecular weight excluding hydrogens is 350 g/mol. The second-order valence-corrected chi connectivity index (χ2v) is 8.11. The van der Waals surface area contributed by atoms with Crippen molar-refractivity contribution < 1.29 is 18.3 Å². The molecule has 3 rings (SSSR count). The third-order valence-corrected chi connectivity index (χ3v) is 6.37.